The maximum atomic E-state index is 13.9. The first-order valence-electron chi connectivity index (χ1n) is 11.2. The zero-order chi connectivity index (χ0) is 24.5. The Hall–Kier alpha value is -4.53. The van der Waals surface area contributed by atoms with Crippen LogP contribution in [0.25, 0.3) is 0 Å². The second-order valence-corrected chi connectivity index (χ2v) is 8.37. The summed E-state index contributed by atoms with van der Waals surface area (Å²) in [6, 6.07) is 20.9. The molecule has 0 fully saturated rings. The van der Waals surface area contributed by atoms with E-state index in [0.29, 0.717) is 18.1 Å². The fraction of sp³-hybridized carbons (Fsp3) is 0.192. The van der Waals surface area contributed by atoms with Gasteiger partial charge in [-0.2, -0.15) is 10.1 Å². The van der Waals surface area contributed by atoms with Gasteiger partial charge in [0.1, 0.15) is 17.6 Å². The van der Waals surface area contributed by atoms with Crippen molar-refractivity contribution in [2.75, 3.05) is 12.0 Å². The molecule has 0 spiro atoms. The number of hydrogen-bond donors (Lipinski definition) is 0. The number of carbonyl (C=O) groups is 1. The molecule has 1 aromatic heterocycles. The lowest BCUT2D eigenvalue weighted by atomic mass is 9.90. The number of aromatic nitrogens is 3. The van der Waals surface area contributed by atoms with Crippen LogP contribution in [-0.2, 0) is 0 Å². The Kier molecular flexibility index (Phi) is 5.74. The number of nitrogens with zero attached hydrogens (tertiary/aromatic N) is 5. The number of carbonyl (C=O) groups excluding carboxylic acids is 1. The first-order valence-corrected chi connectivity index (χ1v) is 11.2. The van der Waals surface area contributed by atoms with Gasteiger partial charge in [0.05, 0.1) is 24.1 Å². The van der Waals surface area contributed by atoms with Crippen LogP contribution in [0, 0.1) is 17.0 Å². The number of rotatable bonds is 5. The van der Waals surface area contributed by atoms with E-state index in [2.05, 4.69) is 10.1 Å². The summed E-state index contributed by atoms with van der Waals surface area (Å²) in [5, 5.41) is 16.1. The molecule has 0 saturated heterocycles. The largest absolute Gasteiger partial charge is 0.496 e. The van der Waals surface area contributed by atoms with Crippen LogP contribution < -0.4 is 9.64 Å². The standard InChI is InChI=1S/C26H23N5O4/c1-17-11-13-18(14-12-17)22-15-23(19-7-4-6-10-24(19)35-2)30-26(27-16-28-30)29(22)25(32)20-8-3-5-9-21(20)31(33)34/h3-14,16,22-23H,15H2,1-2H3. The second-order valence-electron chi connectivity index (χ2n) is 8.37. The monoisotopic (exact) mass is 469 g/mol. The van der Waals surface area contributed by atoms with Gasteiger partial charge in [-0.25, -0.2) is 4.68 Å². The zero-order valence-corrected chi connectivity index (χ0v) is 19.2. The molecule has 1 aliphatic rings. The van der Waals surface area contributed by atoms with Gasteiger partial charge >= 0.3 is 0 Å². The van der Waals surface area contributed by atoms with Gasteiger partial charge in [0.15, 0.2) is 0 Å². The van der Waals surface area contributed by atoms with E-state index in [-0.39, 0.29) is 17.3 Å². The van der Waals surface area contributed by atoms with E-state index in [4.69, 9.17) is 4.74 Å². The predicted octanol–water partition coefficient (Wildman–Crippen LogP) is 4.88. The minimum absolute atomic E-state index is 0.0000895. The molecule has 0 N–H and O–H groups in total. The Morgan fingerprint density at radius 2 is 1.74 bits per heavy atom. The predicted molar refractivity (Wildman–Crippen MR) is 130 cm³/mol. The molecular weight excluding hydrogens is 446 g/mol. The molecule has 2 unspecified atom stereocenters. The first kappa shape index (κ1) is 22.3. The second kappa shape index (κ2) is 9.02. The van der Waals surface area contributed by atoms with Crippen molar-refractivity contribution in [3.05, 3.63) is 111 Å². The lowest BCUT2D eigenvalue weighted by Crippen LogP contribution is -2.43. The van der Waals surface area contributed by atoms with Crippen molar-refractivity contribution < 1.29 is 14.5 Å². The summed E-state index contributed by atoms with van der Waals surface area (Å²) in [6.07, 6.45) is 1.88. The quantitative estimate of drug-likeness (QED) is 0.305. The maximum absolute atomic E-state index is 13.9. The van der Waals surface area contributed by atoms with Crippen LogP contribution in [0.15, 0.2) is 79.1 Å². The molecule has 0 saturated carbocycles. The van der Waals surface area contributed by atoms with Gasteiger partial charge in [-0.1, -0.05) is 60.2 Å². The molecule has 9 nitrogen and oxygen atoms in total. The molecule has 0 bridgehead atoms. The third-order valence-corrected chi connectivity index (χ3v) is 6.33. The van der Waals surface area contributed by atoms with E-state index in [1.807, 2.05) is 55.5 Å². The van der Waals surface area contributed by atoms with Gasteiger partial charge in [0.2, 0.25) is 5.95 Å². The van der Waals surface area contributed by atoms with Gasteiger partial charge in [0, 0.05) is 11.6 Å². The average Bonchev–Trinajstić information content (AvgIpc) is 3.37. The lowest BCUT2D eigenvalue weighted by molar-refractivity contribution is -0.385. The molecule has 4 aromatic rings. The summed E-state index contributed by atoms with van der Waals surface area (Å²) in [6.45, 7) is 2.00. The third-order valence-electron chi connectivity index (χ3n) is 6.33. The smallest absolute Gasteiger partial charge is 0.282 e. The number of hydrogen-bond acceptors (Lipinski definition) is 6. The van der Waals surface area contributed by atoms with Crippen LogP contribution >= 0.6 is 0 Å². The van der Waals surface area contributed by atoms with Gasteiger partial charge < -0.3 is 4.74 Å². The molecule has 35 heavy (non-hydrogen) atoms. The van der Waals surface area contributed by atoms with Crippen molar-refractivity contribution in [2.45, 2.75) is 25.4 Å². The molecule has 1 aliphatic heterocycles. The van der Waals surface area contributed by atoms with Crippen LogP contribution in [0.2, 0.25) is 0 Å². The Labute approximate surface area is 201 Å². The maximum Gasteiger partial charge on any atom is 0.282 e. The number of methoxy groups -OCH3 is 1. The third kappa shape index (κ3) is 3.90. The van der Waals surface area contributed by atoms with Crippen LogP contribution in [0.1, 0.15) is 45.6 Å². The van der Waals surface area contributed by atoms with Gasteiger partial charge in [-0.05, 0) is 31.0 Å². The minimum atomic E-state index is -0.541. The zero-order valence-electron chi connectivity index (χ0n) is 19.2. The summed E-state index contributed by atoms with van der Waals surface area (Å²) in [5.74, 6) is 0.525. The number of ether oxygens (including phenoxy) is 1. The highest BCUT2D eigenvalue weighted by atomic mass is 16.6. The lowest BCUT2D eigenvalue weighted by Gasteiger charge is -2.39. The Morgan fingerprint density at radius 1 is 1.03 bits per heavy atom. The molecule has 5 rings (SSSR count). The topological polar surface area (TPSA) is 103 Å². The highest BCUT2D eigenvalue weighted by Crippen LogP contribution is 2.44. The summed E-state index contributed by atoms with van der Waals surface area (Å²) in [7, 11) is 1.62. The van der Waals surface area contributed by atoms with Crippen molar-refractivity contribution in [1.82, 2.24) is 14.8 Å². The van der Waals surface area contributed by atoms with E-state index in [9.17, 15) is 14.9 Å². The van der Waals surface area contributed by atoms with E-state index < -0.39 is 16.9 Å². The molecule has 0 aliphatic carbocycles. The summed E-state index contributed by atoms with van der Waals surface area (Å²) < 4.78 is 7.31. The summed E-state index contributed by atoms with van der Waals surface area (Å²) >= 11 is 0. The van der Waals surface area contributed by atoms with Gasteiger partial charge in [-0.3, -0.25) is 19.8 Å². The molecular formula is C26H23N5O4. The molecule has 176 valence electrons. The number of nitro benzene ring substituents is 1. The average molecular weight is 470 g/mol. The number of aryl methyl sites for hydroxylation is 1. The number of para-hydroxylation sites is 2. The van der Waals surface area contributed by atoms with Crippen molar-refractivity contribution in [2.24, 2.45) is 0 Å². The van der Waals surface area contributed by atoms with Gasteiger partial charge in [-0.15, -0.1) is 0 Å². The molecule has 3 aromatic carbocycles. The Morgan fingerprint density at radius 3 is 2.49 bits per heavy atom. The number of benzene rings is 3. The highest BCUT2D eigenvalue weighted by molar-refractivity contribution is 6.08. The molecule has 2 heterocycles. The number of fused-ring (bicyclic) bond motifs is 1. The fourth-order valence-corrected chi connectivity index (χ4v) is 4.64. The van der Waals surface area contributed by atoms with Gasteiger partial charge in [0.25, 0.3) is 11.6 Å². The first-order chi connectivity index (χ1) is 17.0. The SMILES string of the molecule is COc1ccccc1C1CC(c2ccc(C)cc2)N(C(=O)c2ccccc2[N+](=O)[O-])c2ncnn21. The minimum Gasteiger partial charge on any atom is -0.496 e. The van der Waals surface area contributed by atoms with Crippen LogP contribution in [0.4, 0.5) is 11.6 Å². The molecule has 9 heteroatoms. The van der Waals surface area contributed by atoms with Crippen LogP contribution in [0.5, 0.6) is 5.75 Å². The summed E-state index contributed by atoms with van der Waals surface area (Å²) in [5.41, 5.74) is 2.65. The van der Waals surface area contributed by atoms with E-state index in [1.54, 1.807) is 23.9 Å². The van der Waals surface area contributed by atoms with E-state index >= 15 is 0 Å². The molecule has 1 amide bonds. The normalized spacial score (nSPS) is 17.0. The number of amides is 1. The fourth-order valence-electron chi connectivity index (χ4n) is 4.64. The van der Waals surface area contributed by atoms with E-state index in [0.717, 1.165) is 16.7 Å². The van der Waals surface area contributed by atoms with Crippen LogP contribution in [0.3, 0.4) is 0 Å². The Balaban J connectivity index is 1.69. The highest BCUT2D eigenvalue weighted by Gasteiger charge is 2.41. The van der Waals surface area contributed by atoms with Crippen molar-refractivity contribution >= 4 is 17.5 Å². The molecule has 2 atom stereocenters. The Bertz CT molecular complexity index is 1400. The number of anilines is 1. The van der Waals surface area contributed by atoms with Crippen molar-refractivity contribution in [3.63, 3.8) is 0 Å². The molecule has 0 radical (unpaired) electrons. The summed E-state index contributed by atoms with van der Waals surface area (Å²) in [4.78, 5) is 31.0. The van der Waals surface area contributed by atoms with Crippen molar-refractivity contribution in [1.29, 1.82) is 0 Å². The van der Waals surface area contributed by atoms with Crippen molar-refractivity contribution in [3.8, 4) is 5.75 Å². The number of nitro groups is 1. The van der Waals surface area contributed by atoms with Crippen LogP contribution in [-0.4, -0.2) is 32.7 Å². The van der Waals surface area contributed by atoms with E-state index in [1.165, 1.54) is 23.4 Å².